The van der Waals surface area contributed by atoms with Crippen LogP contribution in [0.2, 0.25) is 0 Å². The lowest BCUT2D eigenvalue weighted by Gasteiger charge is -2.26. The number of para-hydroxylation sites is 1. The van der Waals surface area contributed by atoms with Crippen molar-refractivity contribution >= 4 is 5.91 Å². The zero-order valence-corrected chi connectivity index (χ0v) is 12.4. The van der Waals surface area contributed by atoms with Crippen LogP contribution < -0.4 is 10.1 Å². The number of amides is 1. The number of ether oxygens (including phenoxy) is 1. The van der Waals surface area contributed by atoms with Gasteiger partial charge < -0.3 is 20.3 Å². The van der Waals surface area contributed by atoms with Gasteiger partial charge in [-0.2, -0.15) is 0 Å². The summed E-state index contributed by atoms with van der Waals surface area (Å²) in [6.07, 6.45) is 5.64. The van der Waals surface area contributed by atoms with Crippen LogP contribution in [0.5, 0.6) is 11.5 Å². The summed E-state index contributed by atoms with van der Waals surface area (Å²) in [5, 5.41) is 23.2. The molecule has 1 fully saturated rings. The van der Waals surface area contributed by atoms with Crippen molar-refractivity contribution in [1.82, 2.24) is 5.32 Å². The van der Waals surface area contributed by atoms with E-state index in [0.717, 1.165) is 25.7 Å². The number of nitrogens with one attached hydrogen (secondary N) is 1. The fraction of sp³-hybridized carbons (Fsp3) is 0.562. The molecule has 3 N–H and O–H groups in total. The fourth-order valence-electron chi connectivity index (χ4n) is 2.77. The van der Waals surface area contributed by atoms with Crippen molar-refractivity contribution in [3.8, 4) is 11.5 Å². The molecule has 1 saturated carbocycles. The molecule has 1 amide bonds. The van der Waals surface area contributed by atoms with Crippen LogP contribution >= 0.6 is 0 Å². The summed E-state index contributed by atoms with van der Waals surface area (Å²) < 4.78 is 4.99. The van der Waals surface area contributed by atoms with Crippen LogP contribution in [0.25, 0.3) is 0 Å². The minimum atomic E-state index is -0.833. The molecule has 5 nitrogen and oxygen atoms in total. The van der Waals surface area contributed by atoms with Crippen molar-refractivity contribution in [2.24, 2.45) is 0 Å². The van der Waals surface area contributed by atoms with Crippen LogP contribution in [0.4, 0.5) is 0 Å². The molecule has 116 valence electrons. The highest BCUT2D eigenvalue weighted by Crippen LogP contribution is 2.30. The van der Waals surface area contributed by atoms with Gasteiger partial charge in [-0.25, -0.2) is 0 Å². The van der Waals surface area contributed by atoms with Crippen molar-refractivity contribution in [2.75, 3.05) is 13.7 Å². The first kappa shape index (κ1) is 15.6. The number of aromatic hydroxyl groups is 1. The van der Waals surface area contributed by atoms with Crippen LogP contribution in [0, 0.1) is 0 Å². The Bertz CT molecular complexity index is 493. The lowest BCUT2D eigenvalue weighted by atomic mass is 9.94. The third-order valence-electron chi connectivity index (χ3n) is 4.08. The lowest BCUT2D eigenvalue weighted by molar-refractivity contribution is 0.0246. The molecule has 21 heavy (non-hydrogen) atoms. The standard InChI is InChI=1S/C16H23NO4/c1-21-13-8-6-7-12(14(13)18)15(19)17-11-16(20)9-4-2-3-5-10-16/h6-8,18,20H,2-5,9-11H2,1H3,(H,17,19). The van der Waals surface area contributed by atoms with Crippen LogP contribution in [-0.4, -0.2) is 35.4 Å². The summed E-state index contributed by atoms with van der Waals surface area (Å²) in [4.78, 5) is 12.2. The first-order valence-corrected chi connectivity index (χ1v) is 7.42. The number of methoxy groups -OCH3 is 1. The van der Waals surface area contributed by atoms with Gasteiger partial charge in [0.05, 0.1) is 18.3 Å². The number of hydrogen-bond donors (Lipinski definition) is 3. The molecule has 0 bridgehead atoms. The number of hydrogen-bond acceptors (Lipinski definition) is 4. The fourth-order valence-corrected chi connectivity index (χ4v) is 2.77. The number of phenolic OH excluding ortho intramolecular Hbond substituents is 1. The molecule has 1 aliphatic carbocycles. The Hall–Kier alpha value is -1.75. The van der Waals surface area contributed by atoms with Gasteiger partial charge in [-0.05, 0) is 25.0 Å². The zero-order valence-electron chi connectivity index (χ0n) is 12.4. The Labute approximate surface area is 124 Å². The van der Waals surface area contributed by atoms with Crippen molar-refractivity contribution < 1.29 is 19.7 Å². The maximum Gasteiger partial charge on any atom is 0.255 e. The Morgan fingerprint density at radius 1 is 1.29 bits per heavy atom. The van der Waals surface area contributed by atoms with Gasteiger partial charge >= 0.3 is 0 Å². The van der Waals surface area contributed by atoms with Crippen molar-refractivity contribution in [2.45, 2.75) is 44.1 Å². The minimum absolute atomic E-state index is 0.159. The molecule has 1 aromatic rings. The topological polar surface area (TPSA) is 78.8 Å². The molecular formula is C16H23NO4. The van der Waals surface area contributed by atoms with E-state index < -0.39 is 11.5 Å². The van der Waals surface area contributed by atoms with E-state index >= 15 is 0 Å². The normalized spacial score (nSPS) is 17.8. The summed E-state index contributed by atoms with van der Waals surface area (Å²) in [6.45, 7) is 0.211. The highest BCUT2D eigenvalue weighted by Gasteiger charge is 2.28. The maximum atomic E-state index is 12.2. The van der Waals surface area contributed by atoms with Crippen LogP contribution in [0.3, 0.4) is 0 Å². The Kier molecular flexibility index (Phi) is 5.07. The van der Waals surface area contributed by atoms with E-state index in [1.165, 1.54) is 13.2 Å². The molecule has 0 unspecified atom stereocenters. The van der Waals surface area contributed by atoms with Crippen LogP contribution in [0.1, 0.15) is 48.9 Å². The van der Waals surface area contributed by atoms with Gasteiger partial charge in [0, 0.05) is 6.54 Å². The second-order valence-corrected chi connectivity index (χ2v) is 5.68. The molecule has 0 aliphatic heterocycles. The predicted molar refractivity (Wildman–Crippen MR) is 79.6 cm³/mol. The van der Waals surface area contributed by atoms with E-state index in [-0.39, 0.29) is 23.6 Å². The number of carbonyl (C=O) groups excluding carboxylic acids is 1. The average Bonchev–Trinajstić information content (AvgIpc) is 2.70. The van der Waals surface area contributed by atoms with E-state index in [1.54, 1.807) is 12.1 Å². The van der Waals surface area contributed by atoms with Gasteiger partial charge in [-0.3, -0.25) is 4.79 Å². The number of benzene rings is 1. The molecule has 0 spiro atoms. The van der Waals surface area contributed by atoms with Gasteiger partial charge in [-0.1, -0.05) is 31.7 Å². The Morgan fingerprint density at radius 3 is 2.57 bits per heavy atom. The Balaban J connectivity index is 2.01. The monoisotopic (exact) mass is 293 g/mol. The summed E-state index contributed by atoms with van der Waals surface area (Å²) >= 11 is 0. The van der Waals surface area contributed by atoms with Gasteiger partial charge in [0.25, 0.3) is 5.91 Å². The van der Waals surface area contributed by atoms with Crippen molar-refractivity contribution in [3.63, 3.8) is 0 Å². The largest absolute Gasteiger partial charge is 0.504 e. The average molecular weight is 293 g/mol. The van der Waals surface area contributed by atoms with Gasteiger partial charge in [0.15, 0.2) is 11.5 Å². The zero-order chi connectivity index (χ0) is 15.3. The van der Waals surface area contributed by atoms with Crippen molar-refractivity contribution in [3.05, 3.63) is 23.8 Å². The van der Waals surface area contributed by atoms with E-state index in [1.807, 2.05) is 0 Å². The number of aliphatic hydroxyl groups is 1. The smallest absolute Gasteiger partial charge is 0.255 e. The van der Waals surface area contributed by atoms with E-state index in [9.17, 15) is 15.0 Å². The second-order valence-electron chi connectivity index (χ2n) is 5.68. The molecule has 0 heterocycles. The van der Waals surface area contributed by atoms with Gasteiger partial charge in [0.2, 0.25) is 0 Å². The quantitative estimate of drug-likeness (QED) is 0.744. The van der Waals surface area contributed by atoms with Crippen LogP contribution in [-0.2, 0) is 0 Å². The molecule has 0 radical (unpaired) electrons. The number of rotatable bonds is 4. The first-order chi connectivity index (χ1) is 10.1. The number of carbonyl (C=O) groups is 1. The van der Waals surface area contributed by atoms with Gasteiger partial charge in [-0.15, -0.1) is 0 Å². The highest BCUT2D eigenvalue weighted by molar-refractivity contribution is 5.97. The van der Waals surface area contributed by atoms with Crippen LogP contribution in [0.15, 0.2) is 18.2 Å². The third-order valence-corrected chi connectivity index (χ3v) is 4.08. The molecule has 0 saturated heterocycles. The second kappa shape index (κ2) is 6.80. The first-order valence-electron chi connectivity index (χ1n) is 7.42. The molecule has 1 aromatic carbocycles. The molecule has 0 atom stereocenters. The molecular weight excluding hydrogens is 270 g/mol. The summed E-state index contributed by atoms with van der Waals surface area (Å²) in [7, 11) is 1.44. The lowest BCUT2D eigenvalue weighted by Crippen LogP contribution is -2.42. The maximum absolute atomic E-state index is 12.2. The SMILES string of the molecule is COc1cccc(C(=O)NCC2(O)CCCCCC2)c1O. The summed E-state index contributed by atoms with van der Waals surface area (Å²) in [5.41, 5.74) is -0.674. The van der Waals surface area contributed by atoms with Gasteiger partial charge in [0.1, 0.15) is 0 Å². The van der Waals surface area contributed by atoms with E-state index in [2.05, 4.69) is 5.32 Å². The molecule has 2 rings (SSSR count). The summed E-state index contributed by atoms with van der Waals surface area (Å²) in [6, 6.07) is 4.77. The third kappa shape index (κ3) is 3.88. The highest BCUT2D eigenvalue weighted by atomic mass is 16.5. The van der Waals surface area contributed by atoms with Crippen molar-refractivity contribution in [1.29, 1.82) is 0 Å². The molecule has 0 aromatic heterocycles. The number of phenols is 1. The van der Waals surface area contributed by atoms with E-state index in [0.29, 0.717) is 12.8 Å². The predicted octanol–water partition coefficient (Wildman–Crippen LogP) is 2.22. The summed E-state index contributed by atoms with van der Waals surface area (Å²) in [5.74, 6) is -0.315. The Morgan fingerprint density at radius 2 is 1.95 bits per heavy atom. The minimum Gasteiger partial charge on any atom is -0.504 e. The molecule has 1 aliphatic rings. The van der Waals surface area contributed by atoms with E-state index in [4.69, 9.17) is 4.74 Å². The molecule has 5 heteroatoms.